The predicted octanol–water partition coefficient (Wildman–Crippen LogP) is 5.76. The Balaban J connectivity index is 1.84. The summed E-state index contributed by atoms with van der Waals surface area (Å²) in [6.07, 6.45) is 5.00. The number of aromatic nitrogens is 1. The summed E-state index contributed by atoms with van der Waals surface area (Å²) in [6.45, 7) is 0. The number of halogens is 1. The first-order chi connectivity index (χ1) is 11.3. The molecule has 0 spiro atoms. The van der Waals surface area contributed by atoms with Gasteiger partial charge in [0.2, 0.25) is 0 Å². The normalized spacial score (nSPS) is 16.3. The molecule has 1 saturated carbocycles. The van der Waals surface area contributed by atoms with E-state index in [1.165, 1.54) is 48.4 Å². The molecule has 3 aromatic rings. The van der Waals surface area contributed by atoms with Crippen LogP contribution in [0.25, 0.3) is 10.6 Å². The second-order valence-electron chi connectivity index (χ2n) is 5.78. The van der Waals surface area contributed by atoms with Crippen LogP contribution in [0, 0.1) is 5.82 Å². The molecule has 0 amide bonds. The van der Waals surface area contributed by atoms with Gasteiger partial charge in [-0.25, -0.2) is 9.38 Å². The molecule has 0 radical (unpaired) electrons. The maximum atomic E-state index is 13.1. The number of thiophene rings is 1. The molecular weight excluding hydrogens is 327 g/mol. The third-order valence-corrected chi connectivity index (χ3v) is 5.99. The minimum absolute atomic E-state index is 0.224. The number of thiazole rings is 1. The molecule has 23 heavy (non-hydrogen) atoms. The first-order valence-corrected chi connectivity index (χ1v) is 9.61. The van der Waals surface area contributed by atoms with E-state index in [2.05, 4.69) is 27.5 Å². The van der Waals surface area contributed by atoms with Crippen LogP contribution in [-0.4, -0.2) is 4.57 Å². The quantitative estimate of drug-likeness (QED) is 0.574. The maximum absolute atomic E-state index is 13.1. The van der Waals surface area contributed by atoms with Crippen molar-refractivity contribution in [3.63, 3.8) is 0 Å². The molecule has 0 unspecified atom stereocenters. The van der Waals surface area contributed by atoms with Crippen molar-refractivity contribution in [3.8, 4) is 10.6 Å². The number of hydrogen-bond donors (Lipinski definition) is 0. The minimum atomic E-state index is -0.224. The highest BCUT2D eigenvalue weighted by Crippen LogP contribution is 2.34. The molecular formula is C18H17FN2S2. The Morgan fingerprint density at radius 1 is 1.04 bits per heavy atom. The van der Waals surface area contributed by atoms with Crippen LogP contribution in [0.2, 0.25) is 0 Å². The van der Waals surface area contributed by atoms with Crippen molar-refractivity contribution < 1.29 is 4.39 Å². The summed E-state index contributed by atoms with van der Waals surface area (Å²) in [7, 11) is 0. The van der Waals surface area contributed by atoms with E-state index in [0.29, 0.717) is 6.04 Å². The smallest absolute Gasteiger partial charge is 0.190 e. The van der Waals surface area contributed by atoms with Gasteiger partial charge in [-0.3, -0.25) is 0 Å². The predicted molar refractivity (Wildman–Crippen MR) is 94.8 cm³/mol. The lowest BCUT2D eigenvalue weighted by Crippen LogP contribution is -2.19. The van der Waals surface area contributed by atoms with E-state index in [1.54, 1.807) is 34.8 Å². The van der Waals surface area contributed by atoms with Crippen molar-refractivity contribution in [2.45, 2.75) is 31.7 Å². The van der Waals surface area contributed by atoms with Gasteiger partial charge in [0.1, 0.15) is 5.82 Å². The Labute approximate surface area is 142 Å². The van der Waals surface area contributed by atoms with Gasteiger partial charge in [-0.1, -0.05) is 18.9 Å². The molecule has 1 aromatic carbocycles. The van der Waals surface area contributed by atoms with Gasteiger partial charge in [0.05, 0.1) is 16.3 Å². The van der Waals surface area contributed by atoms with Crippen molar-refractivity contribution in [2.75, 3.05) is 0 Å². The summed E-state index contributed by atoms with van der Waals surface area (Å²) in [5.74, 6) is -0.224. The van der Waals surface area contributed by atoms with Gasteiger partial charge in [0, 0.05) is 11.4 Å². The summed E-state index contributed by atoms with van der Waals surface area (Å²) >= 11 is 3.43. The molecule has 0 atom stereocenters. The third kappa shape index (κ3) is 3.03. The fraction of sp³-hybridized carbons (Fsp3) is 0.278. The Kier molecular flexibility index (Phi) is 4.14. The molecule has 1 fully saturated rings. The van der Waals surface area contributed by atoms with Crippen LogP contribution in [0.5, 0.6) is 0 Å². The van der Waals surface area contributed by atoms with Crippen LogP contribution in [-0.2, 0) is 0 Å². The molecule has 2 aromatic heterocycles. The molecule has 118 valence electrons. The van der Waals surface area contributed by atoms with Gasteiger partial charge in [-0.2, -0.15) is 0 Å². The standard InChI is InChI=1S/C18H17FN2S2/c19-13-7-9-14(10-8-13)20-18-21(15-4-1-2-5-15)16(12-23-18)17-6-3-11-22-17/h3,6-12,15H,1-2,4-5H2. The fourth-order valence-corrected chi connectivity index (χ4v) is 4.94. The van der Waals surface area contributed by atoms with Crippen molar-refractivity contribution >= 4 is 28.4 Å². The second kappa shape index (κ2) is 6.42. The molecule has 0 bridgehead atoms. The number of rotatable bonds is 3. The average molecular weight is 344 g/mol. The Hall–Kier alpha value is -1.72. The van der Waals surface area contributed by atoms with Crippen molar-refractivity contribution in [1.82, 2.24) is 4.57 Å². The van der Waals surface area contributed by atoms with Crippen LogP contribution >= 0.6 is 22.7 Å². The van der Waals surface area contributed by atoms with Crippen molar-refractivity contribution in [3.05, 3.63) is 57.8 Å². The lowest BCUT2D eigenvalue weighted by Gasteiger charge is -2.15. The number of hydrogen-bond acceptors (Lipinski definition) is 3. The zero-order chi connectivity index (χ0) is 15.6. The van der Waals surface area contributed by atoms with Crippen LogP contribution < -0.4 is 4.80 Å². The minimum Gasteiger partial charge on any atom is -0.313 e. The van der Waals surface area contributed by atoms with Gasteiger partial charge in [-0.15, -0.1) is 22.7 Å². The van der Waals surface area contributed by atoms with E-state index in [-0.39, 0.29) is 5.82 Å². The van der Waals surface area contributed by atoms with Gasteiger partial charge in [0.15, 0.2) is 4.80 Å². The molecule has 2 nitrogen and oxygen atoms in total. The monoisotopic (exact) mass is 344 g/mol. The zero-order valence-electron chi connectivity index (χ0n) is 12.6. The Morgan fingerprint density at radius 2 is 1.83 bits per heavy atom. The van der Waals surface area contributed by atoms with E-state index in [1.807, 2.05) is 0 Å². The number of nitrogens with zero attached hydrogens (tertiary/aromatic N) is 2. The highest BCUT2D eigenvalue weighted by atomic mass is 32.1. The summed E-state index contributed by atoms with van der Waals surface area (Å²) in [5.41, 5.74) is 2.07. The molecule has 0 N–H and O–H groups in total. The SMILES string of the molecule is Fc1ccc(N=c2scc(-c3cccs3)n2C2CCCC2)cc1. The molecule has 1 aliphatic carbocycles. The van der Waals surface area contributed by atoms with Crippen LogP contribution in [0.3, 0.4) is 0 Å². The van der Waals surface area contributed by atoms with Gasteiger partial charge in [0.25, 0.3) is 0 Å². The average Bonchev–Trinajstić information content (AvgIpc) is 3.30. The number of benzene rings is 1. The van der Waals surface area contributed by atoms with E-state index >= 15 is 0 Å². The molecule has 2 heterocycles. The van der Waals surface area contributed by atoms with Gasteiger partial charge in [-0.05, 0) is 48.6 Å². The Morgan fingerprint density at radius 3 is 2.52 bits per heavy atom. The molecule has 0 saturated heterocycles. The van der Waals surface area contributed by atoms with Gasteiger partial charge < -0.3 is 4.57 Å². The fourth-order valence-electron chi connectivity index (χ4n) is 3.15. The van der Waals surface area contributed by atoms with Gasteiger partial charge >= 0.3 is 0 Å². The highest BCUT2D eigenvalue weighted by molar-refractivity contribution is 7.14. The van der Waals surface area contributed by atoms with Crippen LogP contribution in [0.15, 0.2) is 52.2 Å². The summed E-state index contributed by atoms with van der Waals surface area (Å²) in [4.78, 5) is 7.07. The molecule has 0 aliphatic heterocycles. The largest absolute Gasteiger partial charge is 0.313 e. The van der Waals surface area contributed by atoms with Crippen LogP contribution in [0.1, 0.15) is 31.7 Å². The lowest BCUT2D eigenvalue weighted by molar-refractivity contribution is 0.512. The lowest BCUT2D eigenvalue weighted by atomic mass is 10.2. The summed E-state index contributed by atoms with van der Waals surface area (Å²) in [5, 5.41) is 4.31. The molecule has 1 aliphatic rings. The maximum Gasteiger partial charge on any atom is 0.190 e. The molecule has 5 heteroatoms. The van der Waals surface area contributed by atoms with Crippen molar-refractivity contribution in [1.29, 1.82) is 0 Å². The highest BCUT2D eigenvalue weighted by Gasteiger charge is 2.21. The van der Waals surface area contributed by atoms with E-state index in [0.717, 1.165) is 10.5 Å². The van der Waals surface area contributed by atoms with E-state index < -0.39 is 0 Å². The third-order valence-electron chi connectivity index (χ3n) is 4.26. The van der Waals surface area contributed by atoms with E-state index in [4.69, 9.17) is 4.99 Å². The summed E-state index contributed by atoms with van der Waals surface area (Å²) < 4.78 is 15.5. The first-order valence-electron chi connectivity index (χ1n) is 7.85. The second-order valence-corrected chi connectivity index (χ2v) is 7.56. The van der Waals surface area contributed by atoms with E-state index in [9.17, 15) is 4.39 Å². The van der Waals surface area contributed by atoms with Crippen molar-refractivity contribution in [2.24, 2.45) is 4.99 Å². The molecule has 4 rings (SSSR count). The summed E-state index contributed by atoms with van der Waals surface area (Å²) in [6, 6.07) is 11.2. The zero-order valence-corrected chi connectivity index (χ0v) is 14.2. The Bertz CT molecular complexity index is 838. The topological polar surface area (TPSA) is 17.3 Å². The van der Waals surface area contributed by atoms with Crippen LogP contribution in [0.4, 0.5) is 10.1 Å². The first kappa shape index (κ1) is 14.8.